The summed E-state index contributed by atoms with van der Waals surface area (Å²) >= 11 is 6.72. The average Bonchev–Trinajstić information content (AvgIpc) is 3.26. The monoisotopic (exact) mass is 469 g/mol. The van der Waals surface area contributed by atoms with Crippen LogP contribution in [0.2, 0.25) is 5.02 Å². The van der Waals surface area contributed by atoms with Gasteiger partial charge >= 0.3 is 0 Å². The van der Waals surface area contributed by atoms with Gasteiger partial charge in [0.05, 0.1) is 0 Å². The number of halogens is 1. The predicted octanol–water partition coefficient (Wildman–Crippen LogP) is 10.0. The number of hydrogen-bond acceptors (Lipinski definition) is 2. The summed E-state index contributed by atoms with van der Waals surface area (Å²) in [6, 6.07) is 41.9. The van der Waals surface area contributed by atoms with Gasteiger partial charge < -0.3 is 9.32 Å². The molecule has 0 amide bonds. The van der Waals surface area contributed by atoms with Crippen LogP contribution in [0.4, 0.5) is 17.1 Å². The Morgan fingerprint density at radius 1 is 0.457 bits per heavy atom. The number of rotatable bonds is 3. The molecule has 0 aliphatic rings. The van der Waals surface area contributed by atoms with Crippen LogP contribution < -0.4 is 4.90 Å². The summed E-state index contributed by atoms with van der Waals surface area (Å²) < 4.78 is 6.44. The quantitative estimate of drug-likeness (QED) is 0.239. The first-order chi connectivity index (χ1) is 17.3. The Morgan fingerprint density at radius 2 is 1.11 bits per heavy atom. The standard InChI is InChI=1S/C32H20ClNO/c33-30-17-21-9-7-8-14-25(21)27-20-32-29(19-28(27)30)26-16-15-24(18-31(26)35-32)34(22-10-3-1-4-11-22)23-12-5-2-6-13-23/h1-20H. The Hall–Kier alpha value is -4.27. The Morgan fingerprint density at radius 3 is 1.86 bits per heavy atom. The Balaban J connectivity index is 1.46. The van der Waals surface area contributed by atoms with Gasteiger partial charge in [0.2, 0.25) is 0 Å². The van der Waals surface area contributed by atoms with E-state index in [4.69, 9.17) is 16.0 Å². The minimum Gasteiger partial charge on any atom is -0.456 e. The van der Waals surface area contributed by atoms with E-state index in [1.165, 1.54) is 5.39 Å². The van der Waals surface area contributed by atoms with Crippen LogP contribution in [0.15, 0.2) is 126 Å². The number of fused-ring (bicyclic) bond motifs is 6. The van der Waals surface area contributed by atoms with Crippen LogP contribution in [-0.2, 0) is 0 Å². The first-order valence-electron chi connectivity index (χ1n) is 11.6. The van der Waals surface area contributed by atoms with Gasteiger partial charge in [0.15, 0.2) is 0 Å². The molecule has 0 bridgehead atoms. The maximum Gasteiger partial charge on any atom is 0.137 e. The Kier molecular flexibility index (Phi) is 4.54. The first kappa shape index (κ1) is 20.1. The summed E-state index contributed by atoms with van der Waals surface area (Å²) in [5, 5.41) is 7.36. The number of anilines is 3. The highest BCUT2D eigenvalue weighted by Crippen LogP contribution is 2.41. The molecule has 1 heterocycles. The molecule has 0 saturated heterocycles. The highest BCUT2D eigenvalue weighted by atomic mass is 35.5. The number of para-hydroxylation sites is 2. The third-order valence-corrected chi connectivity index (χ3v) is 6.99. The fourth-order valence-electron chi connectivity index (χ4n) is 5.05. The SMILES string of the molecule is Clc1cc2ccccc2c2cc3oc4cc(N(c5ccccc5)c5ccccc5)ccc4c3cc12. The van der Waals surface area contributed by atoms with Crippen molar-refractivity contribution >= 4 is 72.1 Å². The molecule has 0 saturated carbocycles. The summed E-state index contributed by atoms with van der Waals surface area (Å²) in [7, 11) is 0. The minimum absolute atomic E-state index is 0.755. The van der Waals surface area contributed by atoms with E-state index in [-0.39, 0.29) is 0 Å². The minimum atomic E-state index is 0.755. The lowest BCUT2D eigenvalue weighted by Crippen LogP contribution is -2.09. The molecule has 3 heteroatoms. The number of furan rings is 1. The molecule has 0 aliphatic heterocycles. The van der Waals surface area contributed by atoms with Crippen molar-refractivity contribution in [2.75, 3.05) is 4.90 Å². The van der Waals surface area contributed by atoms with Crippen LogP contribution >= 0.6 is 11.6 Å². The highest BCUT2D eigenvalue weighted by molar-refractivity contribution is 6.38. The summed E-state index contributed by atoms with van der Waals surface area (Å²) in [5.41, 5.74) is 4.95. The van der Waals surface area contributed by atoms with Crippen LogP contribution in [0.3, 0.4) is 0 Å². The van der Waals surface area contributed by atoms with Gasteiger partial charge in [0.1, 0.15) is 11.2 Å². The predicted molar refractivity (Wildman–Crippen MR) is 148 cm³/mol. The van der Waals surface area contributed by atoms with Crippen molar-refractivity contribution in [1.29, 1.82) is 0 Å². The fraction of sp³-hybridized carbons (Fsp3) is 0. The lowest BCUT2D eigenvalue weighted by atomic mass is 10.00. The van der Waals surface area contributed by atoms with Crippen molar-refractivity contribution in [3.8, 4) is 0 Å². The van der Waals surface area contributed by atoms with Crippen molar-refractivity contribution in [3.63, 3.8) is 0 Å². The summed E-state index contributed by atoms with van der Waals surface area (Å²) in [6.07, 6.45) is 0. The molecule has 35 heavy (non-hydrogen) atoms. The third-order valence-electron chi connectivity index (χ3n) is 6.67. The Labute approximate surface area is 207 Å². The van der Waals surface area contributed by atoms with E-state index < -0.39 is 0 Å². The van der Waals surface area contributed by atoms with E-state index in [0.717, 1.165) is 60.2 Å². The number of nitrogens with zero attached hydrogens (tertiary/aromatic N) is 1. The van der Waals surface area contributed by atoms with E-state index in [2.05, 4.69) is 102 Å². The molecular formula is C32H20ClNO. The first-order valence-corrected chi connectivity index (χ1v) is 12.0. The molecule has 2 nitrogen and oxygen atoms in total. The van der Waals surface area contributed by atoms with Gasteiger partial charge in [-0.25, -0.2) is 0 Å². The van der Waals surface area contributed by atoms with E-state index in [1.807, 2.05) is 24.3 Å². The maximum atomic E-state index is 6.72. The largest absolute Gasteiger partial charge is 0.456 e. The van der Waals surface area contributed by atoms with E-state index >= 15 is 0 Å². The zero-order valence-electron chi connectivity index (χ0n) is 18.8. The Bertz CT molecular complexity index is 1820. The zero-order chi connectivity index (χ0) is 23.4. The molecule has 1 aromatic heterocycles. The summed E-state index contributed by atoms with van der Waals surface area (Å²) in [4.78, 5) is 2.24. The van der Waals surface area contributed by atoms with Crippen LogP contribution in [0, 0.1) is 0 Å². The van der Waals surface area contributed by atoms with E-state index in [9.17, 15) is 0 Å². The highest BCUT2D eigenvalue weighted by Gasteiger charge is 2.16. The van der Waals surface area contributed by atoms with Gasteiger partial charge in [-0.05, 0) is 70.8 Å². The molecule has 7 aromatic rings. The second-order valence-electron chi connectivity index (χ2n) is 8.76. The van der Waals surface area contributed by atoms with Crippen LogP contribution in [0.25, 0.3) is 43.5 Å². The van der Waals surface area contributed by atoms with Gasteiger partial charge in [0, 0.05) is 44.3 Å². The smallest absolute Gasteiger partial charge is 0.137 e. The molecular weight excluding hydrogens is 450 g/mol. The maximum absolute atomic E-state index is 6.72. The molecule has 0 radical (unpaired) electrons. The second kappa shape index (κ2) is 7.90. The van der Waals surface area contributed by atoms with Crippen LogP contribution in [0.5, 0.6) is 0 Å². The topological polar surface area (TPSA) is 16.4 Å². The van der Waals surface area contributed by atoms with Crippen LogP contribution in [0.1, 0.15) is 0 Å². The van der Waals surface area contributed by atoms with Gasteiger partial charge in [0.25, 0.3) is 0 Å². The van der Waals surface area contributed by atoms with Gasteiger partial charge in [-0.1, -0.05) is 72.3 Å². The van der Waals surface area contributed by atoms with Crippen molar-refractivity contribution in [2.45, 2.75) is 0 Å². The number of benzene rings is 6. The van der Waals surface area contributed by atoms with E-state index in [0.29, 0.717) is 0 Å². The van der Waals surface area contributed by atoms with Crippen molar-refractivity contribution < 1.29 is 4.42 Å². The van der Waals surface area contributed by atoms with Crippen molar-refractivity contribution in [2.24, 2.45) is 0 Å². The van der Waals surface area contributed by atoms with Gasteiger partial charge in [-0.3, -0.25) is 0 Å². The molecule has 7 rings (SSSR count). The number of hydrogen-bond donors (Lipinski definition) is 0. The second-order valence-corrected chi connectivity index (χ2v) is 9.17. The molecule has 0 spiro atoms. The third kappa shape index (κ3) is 3.26. The lowest BCUT2D eigenvalue weighted by molar-refractivity contribution is 0.669. The zero-order valence-corrected chi connectivity index (χ0v) is 19.5. The normalized spacial score (nSPS) is 11.6. The van der Waals surface area contributed by atoms with Crippen LogP contribution in [-0.4, -0.2) is 0 Å². The molecule has 0 N–H and O–H groups in total. The lowest BCUT2D eigenvalue weighted by Gasteiger charge is -2.25. The molecule has 0 atom stereocenters. The molecule has 6 aromatic carbocycles. The van der Waals surface area contributed by atoms with Crippen molar-refractivity contribution in [1.82, 2.24) is 0 Å². The molecule has 0 aliphatic carbocycles. The summed E-state index contributed by atoms with van der Waals surface area (Å²) in [6.45, 7) is 0. The van der Waals surface area contributed by atoms with Crippen molar-refractivity contribution in [3.05, 3.63) is 126 Å². The average molecular weight is 470 g/mol. The molecule has 166 valence electrons. The van der Waals surface area contributed by atoms with Gasteiger partial charge in [-0.15, -0.1) is 0 Å². The van der Waals surface area contributed by atoms with E-state index in [1.54, 1.807) is 0 Å². The fourth-order valence-corrected chi connectivity index (χ4v) is 5.33. The molecule has 0 unspecified atom stereocenters. The summed E-state index contributed by atoms with van der Waals surface area (Å²) in [5.74, 6) is 0. The van der Waals surface area contributed by atoms with Gasteiger partial charge in [-0.2, -0.15) is 0 Å². The molecule has 0 fully saturated rings.